The highest BCUT2D eigenvalue weighted by molar-refractivity contribution is 5.66. The number of carboxylic acids is 1. The summed E-state index contributed by atoms with van der Waals surface area (Å²) < 4.78 is 18.9. The Hall–Kier alpha value is -1.46. The molecule has 1 saturated heterocycles. The van der Waals surface area contributed by atoms with Crippen LogP contribution in [-0.2, 0) is 9.53 Å². The van der Waals surface area contributed by atoms with Gasteiger partial charge in [-0.25, -0.2) is 4.39 Å². The molecule has 1 aliphatic rings. The summed E-state index contributed by atoms with van der Waals surface area (Å²) in [6.07, 6.45) is 1.86. The summed E-state index contributed by atoms with van der Waals surface area (Å²) >= 11 is 0. The molecule has 0 saturated carbocycles. The Kier molecular flexibility index (Phi) is 5.70. The van der Waals surface area contributed by atoms with Crippen molar-refractivity contribution >= 4 is 5.97 Å². The first-order valence-corrected chi connectivity index (χ1v) is 7.39. The lowest BCUT2D eigenvalue weighted by Crippen LogP contribution is -2.43. The molecule has 0 spiro atoms. The summed E-state index contributed by atoms with van der Waals surface area (Å²) in [5.74, 6) is -0.984. The molecule has 116 valence electrons. The van der Waals surface area contributed by atoms with Crippen LogP contribution in [0.25, 0.3) is 0 Å². The second kappa shape index (κ2) is 7.52. The second-order valence-corrected chi connectivity index (χ2v) is 5.60. The van der Waals surface area contributed by atoms with Crippen molar-refractivity contribution in [2.24, 2.45) is 0 Å². The Balaban J connectivity index is 1.86. The van der Waals surface area contributed by atoms with E-state index in [-0.39, 0.29) is 24.4 Å². The molecule has 2 rings (SSSR count). The van der Waals surface area contributed by atoms with Crippen LogP contribution < -0.4 is 0 Å². The number of nitrogens with zero attached hydrogens (tertiary/aromatic N) is 1. The highest BCUT2D eigenvalue weighted by Crippen LogP contribution is 2.25. The number of ether oxygens (including phenoxy) is 1. The molecule has 21 heavy (non-hydrogen) atoms. The van der Waals surface area contributed by atoms with Crippen LogP contribution in [0, 0.1) is 5.82 Å². The van der Waals surface area contributed by atoms with Crippen molar-refractivity contribution in [1.29, 1.82) is 0 Å². The predicted octanol–water partition coefficient (Wildman–Crippen LogP) is 2.84. The van der Waals surface area contributed by atoms with Gasteiger partial charge in [0, 0.05) is 19.5 Å². The Bertz CT molecular complexity index is 463. The number of rotatable bonds is 6. The van der Waals surface area contributed by atoms with Gasteiger partial charge in [-0.15, -0.1) is 0 Å². The molecule has 1 heterocycles. The van der Waals surface area contributed by atoms with E-state index >= 15 is 0 Å². The van der Waals surface area contributed by atoms with Crippen molar-refractivity contribution in [2.75, 3.05) is 19.6 Å². The number of morpholine rings is 1. The zero-order valence-electron chi connectivity index (χ0n) is 12.3. The zero-order valence-corrected chi connectivity index (χ0v) is 12.3. The van der Waals surface area contributed by atoms with Gasteiger partial charge >= 0.3 is 5.97 Å². The van der Waals surface area contributed by atoms with E-state index in [1.54, 1.807) is 12.1 Å². The normalized spacial score (nSPS) is 23.1. The highest BCUT2D eigenvalue weighted by Gasteiger charge is 2.26. The monoisotopic (exact) mass is 295 g/mol. The smallest absolute Gasteiger partial charge is 0.303 e. The van der Waals surface area contributed by atoms with Gasteiger partial charge in [-0.05, 0) is 44.0 Å². The standard InChI is InChI=1S/C16H22FNO3/c1-12-10-18(9-3-2-4-16(19)20)11-15(21-12)13-5-7-14(17)8-6-13/h5-8,12,15H,2-4,9-11H2,1H3,(H,19,20)/t12-,15+/m1/s1. The first-order chi connectivity index (χ1) is 10.0. The number of halogens is 1. The first-order valence-electron chi connectivity index (χ1n) is 7.39. The van der Waals surface area contributed by atoms with E-state index in [0.717, 1.165) is 31.6 Å². The number of hydrogen-bond donors (Lipinski definition) is 1. The fourth-order valence-corrected chi connectivity index (χ4v) is 2.69. The van der Waals surface area contributed by atoms with Gasteiger partial charge in [0.15, 0.2) is 0 Å². The van der Waals surface area contributed by atoms with Crippen molar-refractivity contribution in [3.63, 3.8) is 0 Å². The molecule has 0 amide bonds. The molecule has 2 atom stereocenters. The quantitative estimate of drug-likeness (QED) is 0.820. The molecule has 0 aliphatic carbocycles. The van der Waals surface area contributed by atoms with Crippen LogP contribution in [0.4, 0.5) is 4.39 Å². The van der Waals surface area contributed by atoms with Gasteiger partial charge in [0.25, 0.3) is 0 Å². The lowest BCUT2D eigenvalue weighted by molar-refractivity contribution is -0.137. The van der Waals surface area contributed by atoms with Crippen LogP contribution in [0.15, 0.2) is 24.3 Å². The maximum Gasteiger partial charge on any atom is 0.303 e. The number of benzene rings is 1. The van der Waals surface area contributed by atoms with Gasteiger partial charge in [-0.3, -0.25) is 9.69 Å². The number of hydrogen-bond acceptors (Lipinski definition) is 3. The van der Waals surface area contributed by atoms with Crippen molar-refractivity contribution < 1.29 is 19.0 Å². The number of aliphatic carboxylic acids is 1. The molecule has 0 radical (unpaired) electrons. The van der Waals surface area contributed by atoms with Crippen molar-refractivity contribution in [1.82, 2.24) is 4.90 Å². The van der Waals surface area contributed by atoms with Crippen LogP contribution in [-0.4, -0.2) is 41.7 Å². The Morgan fingerprint density at radius 3 is 2.71 bits per heavy atom. The number of unbranched alkanes of at least 4 members (excludes halogenated alkanes) is 1. The van der Waals surface area contributed by atoms with Gasteiger partial charge in [0.1, 0.15) is 5.82 Å². The Labute approximate surface area is 124 Å². The van der Waals surface area contributed by atoms with Crippen LogP contribution in [0.3, 0.4) is 0 Å². The van der Waals surface area contributed by atoms with E-state index in [1.165, 1.54) is 12.1 Å². The van der Waals surface area contributed by atoms with E-state index in [4.69, 9.17) is 9.84 Å². The molecule has 1 fully saturated rings. The number of carbonyl (C=O) groups is 1. The summed E-state index contributed by atoms with van der Waals surface area (Å²) in [4.78, 5) is 12.8. The SMILES string of the molecule is C[C@@H]1CN(CCCCC(=O)O)C[C@@H](c2ccc(F)cc2)O1. The third kappa shape index (κ3) is 5.10. The van der Waals surface area contributed by atoms with E-state index in [2.05, 4.69) is 4.90 Å². The van der Waals surface area contributed by atoms with Gasteiger partial charge in [0.2, 0.25) is 0 Å². The van der Waals surface area contributed by atoms with Crippen molar-refractivity contribution in [3.8, 4) is 0 Å². The molecule has 1 aromatic rings. The molecular weight excluding hydrogens is 273 g/mol. The fraction of sp³-hybridized carbons (Fsp3) is 0.562. The average Bonchev–Trinajstić information content (AvgIpc) is 2.43. The molecule has 1 aliphatic heterocycles. The lowest BCUT2D eigenvalue weighted by Gasteiger charge is -2.37. The van der Waals surface area contributed by atoms with Crippen LogP contribution in [0.1, 0.15) is 37.9 Å². The van der Waals surface area contributed by atoms with Gasteiger partial charge in [0.05, 0.1) is 12.2 Å². The maximum absolute atomic E-state index is 13.0. The summed E-state index contributed by atoms with van der Waals surface area (Å²) in [5, 5.41) is 8.64. The second-order valence-electron chi connectivity index (χ2n) is 5.60. The highest BCUT2D eigenvalue weighted by atomic mass is 19.1. The Morgan fingerprint density at radius 2 is 2.05 bits per heavy atom. The van der Waals surface area contributed by atoms with Gasteiger partial charge in [-0.2, -0.15) is 0 Å². The summed E-state index contributed by atoms with van der Waals surface area (Å²) in [7, 11) is 0. The van der Waals surface area contributed by atoms with Crippen molar-refractivity contribution in [3.05, 3.63) is 35.6 Å². The molecule has 1 N–H and O–H groups in total. The van der Waals surface area contributed by atoms with E-state index in [9.17, 15) is 9.18 Å². The van der Waals surface area contributed by atoms with E-state index in [1.807, 2.05) is 6.92 Å². The van der Waals surface area contributed by atoms with Crippen molar-refractivity contribution in [2.45, 2.75) is 38.4 Å². The molecular formula is C16H22FNO3. The lowest BCUT2D eigenvalue weighted by atomic mass is 10.1. The first kappa shape index (κ1) is 15.9. The average molecular weight is 295 g/mol. The van der Waals surface area contributed by atoms with Gasteiger partial charge < -0.3 is 9.84 Å². The molecule has 1 aromatic carbocycles. The molecule has 4 nitrogen and oxygen atoms in total. The minimum Gasteiger partial charge on any atom is -0.481 e. The van der Waals surface area contributed by atoms with Crippen LogP contribution in [0.5, 0.6) is 0 Å². The Morgan fingerprint density at radius 1 is 1.33 bits per heavy atom. The third-order valence-corrected chi connectivity index (χ3v) is 3.69. The molecule has 0 bridgehead atoms. The molecule has 0 aromatic heterocycles. The third-order valence-electron chi connectivity index (χ3n) is 3.69. The zero-order chi connectivity index (χ0) is 15.2. The van der Waals surface area contributed by atoms with Crippen LogP contribution in [0.2, 0.25) is 0 Å². The number of carboxylic acid groups (broad SMARTS) is 1. The minimum atomic E-state index is -0.741. The topological polar surface area (TPSA) is 49.8 Å². The molecule has 5 heteroatoms. The molecule has 0 unspecified atom stereocenters. The summed E-state index contributed by atoms with van der Waals surface area (Å²) in [5.41, 5.74) is 0.985. The largest absolute Gasteiger partial charge is 0.481 e. The van der Waals surface area contributed by atoms with Gasteiger partial charge in [-0.1, -0.05) is 12.1 Å². The minimum absolute atomic E-state index is 0.0474. The van der Waals surface area contributed by atoms with Crippen LogP contribution >= 0.6 is 0 Å². The predicted molar refractivity (Wildman–Crippen MR) is 77.6 cm³/mol. The van der Waals surface area contributed by atoms with E-state index < -0.39 is 5.97 Å². The van der Waals surface area contributed by atoms with E-state index in [0.29, 0.717) is 6.42 Å². The maximum atomic E-state index is 13.0. The summed E-state index contributed by atoms with van der Waals surface area (Å²) in [6, 6.07) is 6.44. The summed E-state index contributed by atoms with van der Waals surface area (Å²) in [6.45, 7) is 4.52. The fourth-order valence-electron chi connectivity index (χ4n) is 2.69.